The molecule has 2 aliphatic heterocycles. The van der Waals surface area contributed by atoms with Gasteiger partial charge >= 0.3 is 0 Å². The Morgan fingerprint density at radius 1 is 1.06 bits per heavy atom. The van der Waals surface area contributed by atoms with Crippen molar-refractivity contribution in [2.75, 3.05) is 18.6 Å². The first kappa shape index (κ1) is 21.3. The summed E-state index contributed by atoms with van der Waals surface area (Å²) in [6.45, 7) is 4.37. The van der Waals surface area contributed by atoms with E-state index in [0.29, 0.717) is 34.6 Å². The highest BCUT2D eigenvalue weighted by atomic mass is 16.5. The number of hydrogen-bond donors (Lipinski definition) is 1. The number of aromatic amines is 1. The van der Waals surface area contributed by atoms with Crippen LogP contribution in [-0.2, 0) is 11.2 Å². The van der Waals surface area contributed by atoms with Gasteiger partial charge in [-0.2, -0.15) is 0 Å². The highest BCUT2D eigenvalue weighted by Gasteiger charge is 2.39. The van der Waals surface area contributed by atoms with Crippen molar-refractivity contribution in [2.45, 2.75) is 26.3 Å². The van der Waals surface area contributed by atoms with Crippen LogP contribution in [-0.4, -0.2) is 35.2 Å². The molecule has 7 nitrogen and oxygen atoms in total. The number of aryl methyl sites for hydroxylation is 2. The van der Waals surface area contributed by atoms with E-state index in [-0.39, 0.29) is 11.5 Å². The van der Waals surface area contributed by atoms with E-state index in [1.54, 1.807) is 19.1 Å². The monoisotopic (exact) mass is 464 g/mol. The number of methoxy groups -OCH3 is 1. The van der Waals surface area contributed by atoms with E-state index in [9.17, 15) is 9.59 Å². The lowest BCUT2D eigenvalue weighted by molar-refractivity contribution is -0.119. The number of amides is 1. The van der Waals surface area contributed by atoms with Gasteiger partial charge in [-0.3, -0.25) is 14.6 Å². The summed E-state index contributed by atoms with van der Waals surface area (Å²) in [5.74, 6) is 0.765. The molecule has 35 heavy (non-hydrogen) atoms. The summed E-state index contributed by atoms with van der Waals surface area (Å²) in [5, 5.41) is 0.325. The van der Waals surface area contributed by atoms with Crippen molar-refractivity contribution in [1.82, 2.24) is 9.97 Å². The molecule has 174 valence electrons. The van der Waals surface area contributed by atoms with Gasteiger partial charge in [0.05, 0.1) is 29.4 Å². The quantitative estimate of drug-likeness (QED) is 0.496. The van der Waals surface area contributed by atoms with Crippen LogP contribution in [0.1, 0.15) is 39.7 Å². The van der Waals surface area contributed by atoms with Crippen molar-refractivity contribution in [2.24, 2.45) is 4.99 Å². The molecule has 2 aliphatic rings. The zero-order chi connectivity index (χ0) is 24.3. The fourth-order valence-electron chi connectivity index (χ4n) is 5.33. The normalized spacial score (nSPS) is 16.8. The molecule has 7 heteroatoms. The fourth-order valence-corrected chi connectivity index (χ4v) is 5.33. The van der Waals surface area contributed by atoms with Crippen LogP contribution in [0.2, 0.25) is 0 Å². The molecule has 3 aromatic carbocycles. The van der Waals surface area contributed by atoms with Crippen LogP contribution in [0.4, 0.5) is 5.69 Å². The summed E-state index contributed by atoms with van der Waals surface area (Å²) in [7, 11) is 1.54. The standard InChI is InChI=1S/C28H24N4O3/c1-15-13-18-11-12-32-26(18)19(14-15)24(17-7-5-4-6-8-17)31-25(28(32)34)23-21(35-3)10-9-20-22(23)27(33)30-16(2)29-20/h4-10,13-14,25H,11-12H2,1-3H3,(H,29,30,33). The molecular weight excluding hydrogens is 440 g/mol. The van der Waals surface area contributed by atoms with E-state index in [1.165, 1.54) is 7.11 Å². The highest BCUT2D eigenvalue weighted by Crippen LogP contribution is 2.43. The molecule has 0 saturated heterocycles. The van der Waals surface area contributed by atoms with Gasteiger partial charge in [0, 0.05) is 23.2 Å². The van der Waals surface area contributed by atoms with Crippen molar-refractivity contribution in [1.29, 1.82) is 0 Å². The number of ether oxygens (including phenoxy) is 1. The summed E-state index contributed by atoms with van der Waals surface area (Å²) in [6, 6.07) is 16.6. The molecule has 0 radical (unpaired) electrons. The van der Waals surface area contributed by atoms with Crippen molar-refractivity contribution in [3.8, 4) is 5.75 Å². The number of rotatable bonds is 3. The molecule has 1 amide bonds. The number of aliphatic imine (C=N–C) groups is 1. The second-order valence-electron chi connectivity index (χ2n) is 9.03. The number of benzene rings is 3. The van der Waals surface area contributed by atoms with E-state index >= 15 is 0 Å². The molecule has 0 fully saturated rings. The molecule has 4 aromatic rings. The maximum absolute atomic E-state index is 14.2. The number of nitrogens with zero attached hydrogens (tertiary/aromatic N) is 3. The topological polar surface area (TPSA) is 87.7 Å². The lowest BCUT2D eigenvalue weighted by Crippen LogP contribution is -2.33. The fraction of sp³-hybridized carbons (Fsp3) is 0.214. The van der Waals surface area contributed by atoms with Crippen LogP contribution in [0.25, 0.3) is 10.9 Å². The Morgan fingerprint density at radius 3 is 2.63 bits per heavy atom. The molecule has 1 unspecified atom stereocenters. The number of H-pyrrole nitrogens is 1. The first-order valence-electron chi connectivity index (χ1n) is 11.6. The number of carbonyl (C=O) groups excluding carboxylic acids is 1. The lowest BCUT2D eigenvalue weighted by atomic mass is 9.95. The number of hydrogen-bond acceptors (Lipinski definition) is 5. The van der Waals surface area contributed by atoms with Crippen molar-refractivity contribution in [3.63, 3.8) is 0 Å². The Hall–Kier alpha value is -4.26. The SMILES string of the molecule is COc1ccc2nc(C)[nH]c(=O)c2c1C1N=C(c2ccccc2)c2cc(C)cc3c2N(CC3)C1=O. The summed E-state index contributed by atoms with van der Waals surface area (Å²) >= 11 is 0. The van der Waals surface area contributed by atoms with Gasteiger partial charge in [-0.15, -0.1) is 0 Å². The van der Waals surface area contributed by atoms with Gasteiger partial charge in [0.2, 0.25) is 0 Å². The maximum Gasteiger partial charge on any atom is 0.259 e. The zero-order valence-electron chi connectivity index (χ0n) is 19.8. The summed E-state index contributed by atoms with van der Waals surface area (Å²) in [5.41, 5.74) is 6.37. The average Bonchev–Trinajstić information content (AvgIpc) is 3.22. The van der Waals surface area contributed by atoms with Crippen LogP contribution in [0, 0.1) is 13.8 Å². The molecule has 3 heterocycles. The number of aromatic nitrogens is 2. The molecule has 1 N–H and O–H groups in total. The third-order valence-corrected chi connectivity index (χ3v) is 6.75. The molecule has 1 aromatic heterocycles. The first-order chi connectivity index (χ1) is 17.0. The Morgan fingerprint density at radius 2 is 1.86 bits per heavy atom. The van der Waals surface area contributed by atoms with E-state index in [4.69, 9.17) is 9.73 Å². The number of anilines is 1. The van der Waals surface area contributed by atoms with Crippen molar-refractivity contribution in [3.05, 3.63) is 98.6 Å². The van der Waals surface area contributed by atoms with E-state index in [2.05, 4.69) is 29.0 Å². The Labute approximate surface area is 202 Å². The van der Waals surface area contributed by atoms with Gasteiger partial charge in [-0.05, 0) is 44.0 Å². The number of fused-ring (bicyclic) bond motifs is 1. The van der Waals surface area contributed by atoms with Crippen LogP contribution in [0.5, 0.6) is 5.75 Å². The minimum Gasteiger partial charge on any atom is -0.496 e. The Balaban J connectivity index is 1.71. The molecule has 0 aliphatic carbocycles. The second kappa shape index (κ2) is 7.91. The van der Waals surface area contributed by atoms with Gasteiger partial charge in [0.25, 0.3) is 11.5 Å². The minimum absolute atomic E-state index is 0.175. The van der Waals surface area contributed by atoms with Gasteiger partial charge < -0.3 is 14.6 Å². The van der Waals surface area contributed by atoms with Crippen LogP contribution in [0.3, 0.4) is 0 Å². The van der Waals surface area contributed by atoms with Crippen molar-refractivity contribution >= 4 is 28.2 Å². The molecule has 6 rings (SSSR count). The molecule has 0 saturated carbocycles. The van der Waals surface area contributed by atoms with Gasteiger partial charge in [-0.1, -0.05) is 42.0 Å². The zero-order valence-corrected chi connectivity index (χ0v) is 19.8. The number of nitrogens with one attached hydrogen (secondary N) is 1. The van der Waals surface area contributed by atoms with E-state index in [1.807, 2.05) is 35.2 Å². The summed E-state index contributed by atoms with van der Waals surface area (Å²) < 4.78 is 5.68. The molecule has 0 spiro atoms. The predicted molar refractivity (Wildman–Crippen MR) is 136 cm³/mol. The van der Waals surface area contributed by atoms with Crippen LogP contribution < -0.4 is 15.2 Å². The molecular formula is C28H24N4O3. The predicted octanol–water partition coefficient (Wildman–Crippen LogP) is 4.03. The molecule has 1 atom stereocenters. The Bertz CT molecular complexity index is 1600. The van der Waals surface area contributed by atoms with E-state index < -0.39 is 6.04 Å². The minimum atomic E-state index is -0.965. The molecule has 0 bridgehead atoms. The van der Waals surface area contributed by atoms with Crippen LogP contribution in [0.15, 0.2) is 64.4 Å². The lowest BCUT2D eigenvalue weighted by Gasteiger charge is -2.22. The summed E-state index contributed by atoms with van der Waals surface area (Å²) in [4.78, 5) is 41.5. The van der Waals surface area contributed by atoms with Gasteiger partial charge in [0.15, 0.2) is 6.04 Å². The summed E-state index contributed by atoms with van der Waals surface area (Å²) in [6.07, 6.45) is 0.776. The largest absolute Gasteiger partial charge is 0.496 e. The van der Waals surface area contributed by atoms with Crippen LogP contribution >= 0.6 is 0 Å². The van der Waals surface area contributed by atoms with Gasteiger partial charge in [-0.25, -0.2) is 4.98 Å². The third kappa shape index (κ3) is 3.26. The van der Waals surface area contributed by atoms with Gasteiger partial charge in [0.1, 0.15) is 11.6 Å². The first-order valence-corrected chi connectivity index (χ1v) is 11.6. The maximum atomic E-state index is 14.2. The van der Waals surface area contributed by atoms with E-state index in [0.717, 1.165) is 40.1 Å². The Kier molecular flexibility index (Phi) is 4.81. The highest BCUT2D eigenvalue weighted by molar-refractivity contribution is 6.21. The smallest absolute Gasteiger partial charge is 0.259 e. The number of carbonyl (C=O) groups is 1. The third-order valence-electron chi connectivity index (χ3n) is 6.75. The van der Waals surface area contributed by atoms with Crippen molar-refractivity contribution < 1.29 is 9.53 Å². The second-order valence-corrected chi connectivity index (χ2v) is 9.03. The average molecular weight is 465 g/mol.